The van der Waals surface area contributed by atoms with Crippen molar-refractivity contribution in [2.24, 2.45) is 0 Å². The van der Waals surface area contributed by atoms with Crippen LogP contribution in [0.15, 0.2) is 54.6 Å². The molecule has 1 aromatic heterocycles. The molecule has 2 heterocycles. The number of nitrogens with one attached hydrogen (secondary N) is 1. The number of hydrogen-bond donors (Lipinski definition) is 1. The minimum absolute atomic E-state index is 0.0607. The summed E-state index contributed by atoms with van der Waals surface area (Å²) in [6.07, 6.45) is 9.01. The van der Waals surface area contributed by atoms with Gasteiger partial charge in [-0.15, -0.1) is 0 Å². The summed E-state index contributed by atoms with van der Waals surface area (Å²) in [5, 5.41) is 4.39. The molecule has 3 aromatic rings. The van der Waals surface area contributed by atoms with Gasteiger partial charge in [0, 0.05) is 22.6 Å². The zero-order chi connectivity index (χ0) is 23.7. The number of carbonyl (C=O) groups is 2. The van der Waals surface area contributed by atoms with Crippen LogP contribution in [0.3, 0.4) is 0 Å². The highest BCUT2D eigenvalue weighted by atomic mass is 16.2. The van der Waals surface area contributed by atoms with Crippen molar-refractivity contribution in [1.29, 1.82) is 0 Å². The number of aromatic nitrogens is 1. The third kappa shape index (κ3) is 4.02. The monoisotopic (exact) mass is 457 g/mol. The maximum Gasteiger partial charge on any atom is 0.275 e. The lowest BCUT2D eigenvalue weighted by Crippen LogP contribution is -2.65. The van der Waals surface area contributed by atoms with Crippen LogP contribution in [0.5, 0.6) is 0 Å². The average molecular weight is 458 g/mol. The van der Waals surface area contributed by atoms with Gasteiger partial charge in [-0.25, -0.2) is 0 Å². The molecular weight excluding hydrogens is 422 g/mol. The fraction of sp³-hybridized carbons (Fsp3) is 0.448. The standard InChI is InChI=1S/C29H35N3O2/c1-3-21-15-17-24(18-16-21)32-27(33)26-19-22-11-9-10-14-25(22)31(26)20-29(32,2)28(34)30-23-12-7-5-4-6-8-13-23/h9-11,14-19,23H,3-8,12-13,20H2,1-2H3,(H,30,34)/t29-/m1/s1. The first kappa shape index (κ1) is 22.7. The second kappa shape index (κ2) is 9.28. The Balaban J connectivity index is 1.55. The highest BCUT2D eigenvalue weighted by molar-refractivity contribution is 6.14. The number of para-hydroxylation sites is 1. The van der Waals surface area contributed by atoms with Crippen molar-refractivity contribution in [3.63, 3.8) is 0 Å². The summed E-state index contributed by atoms with van der Waals surface area (Å²) in [5.74, 6) is -0.184. The van der Waals surface area contributed by atoms with Gasteiger partial charge in [0.1, 0.15) is 11.2 Å². The van der Waals surface area contributed by atoms with Crippen LogP contribution < -0.4 is 10.2 Å². The van der Waals surface area contributed by atoms with Gasteiger partial charge in [-0.3, -0.25) is 14.5 Å². The minimum Gasteiger partial charge on any atom is -0.351 e. The number of carbonyl (C=O) groups excluding carboxylic acids is 2. The molecule has 34 heavy (non-hydrogen) atoms. The topological polar surface area (TPSA) is 54.3 Å². The third-order valence-electron chi connectivity index (χ3n) is 7.72. The van der Waals surface area contributed by atoms with Gasteiger partial charge in [0.25, 0.3) is 5.91 Å². The number of aryl methyl sites for hydroxylation is 1. The number of rotatable bonds is 4. The quantitative estimate of drug-likeness (QED) is 0.534. The molecule has 0 unspecified atom stereocenters. The van der Waals surface area contributed by atoms with Crippen LogP contribution >= 0.6 is 0 Å². The van der Waals surface area contributed by atoms with E-state index in [4.69, 9.17) is 0 Å². The maximum absolute atomic E-state index is 14.0. The number of fused-ring (bicyclic) bond motifs is 3. The molecule has 1 N–H and O–H groups in total. The number of amides is 2. The van der Waals surface area contributed by atoms with Gasteiger partial charge >= 0.3 is 0 Å². The molecule has 1 fully saturated rings. The number of anilines is 1. The van der Waals surface area contributed by atoms with Crippen molar-refractivity contribution in [3.8, 4) is 0 Å². The third-order valence-corrected chi connectivity index (χ3v) is 7.72. The second-order valence-corrected chi connectivity index (χ2v) is 10.1. The molecule has 0 saturated heterocycles. The van der Waals surface area contributed by atoms with Crippen LogP contribution in [-0.4, -0.2) is 28.0 Å². The molecule has 0 bridgehead atoms. The summed E-state index contributed by atoms with van der Waals surface area (Å²) in [7, 11) is 0. The van der Waals surface area contributed by atoms with Crippen LogP contribution in [0.2, 0.25) is 0 Å². The van der Waals surface area contributed by atoms with E-state index in [-0.39, 0.29) is 17.9 Å². The molecule has 2 aromatic carbocycles. The highest BCUT2D eigenvalue weighted by Crippen LogP contribution is 2.36. The Morgan fingerprint density at radius 1 is 1.00 bits per heavy atom. The van der Waals surface area contributed by atoms with Crippen LogP contribution in [0.25, 0.3) is 10.9 Å². The van der Waals surface area contributed by atoms with Gasteiger partial charge < -0.3 is 9.88 Å². The predicted octanol–water partition coefficient (Wildman–Crippen LogP) is 5.85. The molecule has 1 atom stereocenters. The van der Waals surface area contributed by atoms with Gasteiger partial charge in [-0.1, -0.05) is 69.4 Å². The molecule has 0 spiro atoms. The van der Waals surface area contributed by atoms with Crippen LogP contribution in [0.1, 0.15) is 74.8 Å². The van der Waals surface area contributed by atoms with Crippen molar-refractivity contribution in [2.75, 3.05) is 4.90 Å². The molecule has 1 saturated carbocycles. The summed E-state index contributed by atoms with van der Waals surface area (Å²) in [4.78, 5) is 29.7. The van der Waals surface area contributed by atoms with E-state index < -0.39 is 5.54 Å². The zero-order valence-corrected chi connectivity index (χ0v) is 20.3. The van der Waals surface area contributed by atoms with E-state index in [1.807, 2.05) is 54.0 Å². The summed E-state index contributed by atoms with van der Waals surface area (Å²) in [6.45, 7) is 4.47. The first-order chi connectivity index (χ1) is 16.5. The van der Waals surface area contributed by atoms with Crippen molar-refractivity contribution in [1.82, 2.24) is 9.88 Å². The largest absolute Gasteiger partial charge is 0.351 e. The molecule has 2 aliphatic rings. The number of benzene rings is 2. The van der Waals surface area contributed by atoms with Gasteiger partial charge in [0.05, 0.1) is 6.54 Å². The summed E-state index contributed by atoms with van der Waals surface area (Å²) in [5.41, 5.74) is 2.59. The first-order valence-electron chi connectivity index (χ1n) is 12.8. The Morgan fingerprint density at radius 2 is 1.68 bits per heavy atom. The fourth-order valence-corrected chi connectivity index (χ4v) is 5.67. The Labute approximate surface area is 202 Å². The molecule has 0 radical (unpaired) electrons. The molecular formula is C29H35N3O2. The van der Waals surface area contributed by atoms with Crippen molar-refractivity contribution < 1.29 is 9.59 Å². The van der Waals surface area contributed by atoms with Gasteiger partial charge in [-0.2, -0.15) is 0 Å². The van der Waals surface area contributed by atoms with Crippen LogP contribution in [-0.2, 0) is 17.8 Å². The molecule has 2 amide bonds. The summed E-state index contributed by atoms with van der Waals surface area (Å²) < 4.78 is 2.03. The summed E-state index contributed by atoms with van der Waals surface area (Å²) >= 11 is 0. The lowest BCUT2D eigenvalue weighted by molar-refractivity contribution is -0.127. The Hall–Kier alpha value is -3.08. The van der Waals surface area contributed by atoms with E-state index in [9.17, 15) is 9.59 Å². The lowest BCUT2D eigenvalue weighted by atomic mass is 9.91. The van der Waals surface area contributed by atoms with Gasteiger partial charge in [-0.05, 0) is 56.0 Å². The summed E-state index contributed by atoms with van der Waals surface area (Å²) in [6, 6.07) is 18.2. The predicted molar refractivity (Wildman–Crippen MR) is 137 cm³/mol. The smallest absolute Gasteiger partial charge is 0.275 e. The van der Waals surface area contributed by atoms with E-state index in [1.54, 1.807) is 4.90 Å². The molecule has 5 rings (SSSR count). The molecule has 5 nitrogen and oxygen atoms in total. The van der Waals surface area contributed by atoms with Crippen LogP contribution in [0.4, 0.5) is 5.69 Å². The molecule has 1 aliphatic heterocycles. The van der Waals surface area contributed by atoms with E-state index in [2.05, 4.69) is 24.4 Å². The van der Waals surface area contributed by atoms with E-state index in [0.717, 1.165) is 48.7 Å². The van der Waals surface area contributed by atoms with Gasteiger partial charge in [0.15, 0.2) is 0 Å². The number of nitrogens with zero attached hydrogens (tertiary/aromatic N) is 2. The van der Waals surface area contributed by atoms with E-state index in [1.165, 1.54) is 24.8 Å². The second-order valence-electron chi connectivity index (χ2n) is 10.1. The molecule has 178 valence electrons. The highest BCUT2D eigenvalue weighted by Gasteiger charge is 2.49. The number of hydrogen-bond acceptors (Lipinski definition) is 2. The first-order valence-corrected chi connectivity index (χ1v) is 12.8. The maximum atomic E-state index is 14.0. The van der Waals surface area contributed by atoms with Crippen molar-refractivity contribution >= 4 is 28.4 Å². The minimum atomic E-state index is -1.03. The lowest BCUT2D eigenvalue weighted by Gasteiger charge is -2.44. The normalized spacial score (nSPS) is 21.7. The SMILES string of the molecule is CCc1ccc(N2C(=O)c3cc4ccccc4n3C[C@]2(C)C(=O)NC2CCCCCCC2)cc1. The van der Waals surface area contributed by atoms with Crippen molar-refractivity contribution in [3.05, 3.63) is 65.9 Å². The molecule has 5 heteroatoms. The Kier molecular flexibility index (Phi) is 6.20. The average Bonchev–Trinajstić information content (AvgIpc) is 3.20. The Morgan fingerprint density at radius 3 is 2.38 bits per heavy atom. The molecule has 1 aliphatic carbocycles. The fourth-order valence-electron chi connectivity index (χ4n) is 5.67. The van der Waals surface area contributed by atoms with Gasteiger partial charge in [0.2, 0.25) is 5.91 Å². The van der Waals surface area contributed by atoms with Crippen molar-refractivity contribution in [2.45, 2.75) is 83.3 Å². The Bertz CT molecular complexity index is 1190. The van der Waals surface area contributed by atoms with E-state index >= 15 is 0 Å². The zero-order valence-electron chi connectivity index (χ0n) is 20.3. The van der Waals surface area contributed by atoms with Crippen LogP contribution in [0, 0.1) is 0 Å². The van der Waals surface area contributed by atoms with E-state index in [0.29, 0.717) is 12.2 Å².